The van der Waals surface area contributed by atoms with Crippen molar-refractivity contribution in [3.05, 3.63) is 65.0 Å². The van der Waals surface area contributed by atoms with Crippen molar-refractivity contribution in [1.29, 1.82) is 0 Å². The molecule has 0 radical (unpaired) electrons. The van der Waals surface area contributed by atoms with Crippen molar-refractivity contribution in [2.45, 2.75) is 6.04 Å². The summed E-state index contributed by atoms with van der Waals surface area (Å²) >= 11 is 3.63. The first-order valence-corrected chi connectivity index (χ1v) is 10.3. The molecule has 0 bridgehead atoms. The molecule has 1 fully saturated rings. The number of hydrogen-bond donors (Lipinski definition) is 2. The predicted molar refractivity (Wildman–Crippen MR) is 109 cm³/mol. The monoisotopic (exact) mass is 365 g/mol. The summed E-state index contributed by atoms with van der Waals surface area (Å²) in [5.74, 6) is 0. The van der Waals surface area contributed by atoms with Gasteiger partial charge in [-0.3, -0.25) is 0 Å². The highest BCUT2D eigenvalue weighted by atomic mass is 32.1. The van der Waals surface area contributed by atoms with Crippen molar-refractivity contribution >= 4 is 38.6 Å². The van der Waals surface area contributed by atoms with Crippen LogP contribution in [0.4, 0.5) is 5.00 Å². The van der Waals surface area contributed by atoms with Gasteiger partial charge in [0.2, 0.25) is 0 Å². The van der Waals surface area contributed by atoms with Gasteiger partial charge in [-0.1, -0.05) is 18.2 Å². The maximum absolute atomic E-state index is 3.73. The first kappa shape index (κ1) is 15.2. The maximum atomic E-state index is 3.73. The molecule has 1 unspecified atom stereocenters. The van der Waals surface area contributed by atoms with E-state index < -0.39 is 0 Å². The van der Waals surface area contributed by atoms with Crippen LogP contribution >= 0.6 is 22.7 Å². The third-order valence-electron chi connectivity index (χ3n) is 4.89. The van der Waals surface area contributed by atoms with E-state index in [0.717, 1.165) is 19.6 Å². The molecule has 3 aromatic heterocycles. The summed E-state index contributed by atoms with van der Waals surface area (Å²) in [6, 6.07) is 15.7. The van der Waals surface area contributed by atoms with Gasteiger partial charge in [-0.2, -0.15) is 0 Å². The van der Waals surface area contributed by atoms with Gasteiger partial charge in [-0.25, -0.2) is 0 Å². The van der Waals surface area contributed by atoms with Crippen LogP contribution in [0.25, 0.3) is 21.3 Å². The lowest BCUT2D eigenvalue weighted by Crippen LogP contribution is -2.45. The first-order valence-electron chi connectivity index (χ1n) is 8.56. The minimum atomic E-state index is 0.342. The Labute approximate surface area is 154 Å². The number of thiophene rings is 2. The van der Waals surface area contributed by atoms with Crippen molar-refractivity contribution in [3.63, 3.8) is 0 Å². The van der Waals surface area contributed by atoms with E-state index >= 15 is 0 Å². The Morgan fingerprint density at radius 3 is 2.76 bits per heavy atom. The standard InChI is InChI=1S/C20H19N3S2/c1-4-14(17-13-23(9-8-21-17)19-7-3-11-25-19)20-15(12-22-16(20)5-1)18-6-2-10-24-18/h1-7,10-12,17,21-22H,8-9,13H2. The fourth-order valence-corrected chi connectivity index (χ4v) is 5.26. The SMILES string of the molecule is c1csc(-c2c[nH]c3cccc(C4CN(c5cccs5)CCN4)c23)c1. The van der Waals surface area contributed by atoms with Crippen LogP contribution in [0.2, 0.25) is 0 Å². The first-order chi connectivity index (χ1) is 12.4. The molecule has 126 valence electrons. The average Bonchev–Trinajstić information content (AvgIpc) is 3.41. The van der Waals surface area contributed by atoms with Crippen LogP contribution in [0.1, 0.15) is 11.6 Å². The fraction of sp³-hybridized carbons (Fsp3) is 0.200. The number of piperazine rings is 1. The van der Waals surface area contributed by atoms with E-state index in [9.17, 15) is 0 Å². The summed E-state index contributed by atoms with van der Waals surface area (Å²) in [4.78, 5) is 7.29. The molecule has 5 rings (SSSR count). The molecule has 0 spiro atoms. The zero-order chi connectivity index (χ0) is 16.6. The molecule has 1 aliphatic heterocycles. The number of nitrogens with zero attached hydrogens (tertiary/aromatic N) is 1. The number of rotatable bonds is 3. The Morgan fingerprint density at radius 1 is 1.00 bits per heavy atom. The van der Waals surface area contributed by atoms with Gasteiger partial charge >= 0.3 is 0 Å². The van der Waals surface area contributed by atoms with Gasteiger partial charge in [0, 0.05) is 47.2 Å². The summed E-state index contributed by atoms with van der Waals surface area (Å²) < 4.78 is 0. The van der Waals surface area contributed by atoms with Crippen LogP contribution in [0.15, 0.2) is 59.4 Å². The van der Waals surface area contributed by atoms with E-state index in [1.54, 1.807) is 11.3 Å². The minimum absolute atomic E-state index is 0.342. The van der Waals surface area contributed by atoms with Crippen LogP contribution < -0.4 is 10.2 Å². The second-order valence-corrected chi connectivity index (χ2v) is 8.23. The molecule has 0 aliphatic carbocycles. The van der Waals surface area contributed by atoms with Crippen LogP contribution in [0.5, 0.6) is 0 Å². The molecule has 1 aliphatic rings. The van der Waals surface area contributed by atoms with E-state index in [0.29, 0.717) is 6.04 Å². The smallest absolute Gasteiger partial charge is 0.0909 e. The Morgan fingerprint density at radius 2 is 1.92 bits per heavy atom. The highest BCUT2D eigenvalue weighted by Crippen LogP contribution is 2.37. The molecule has 4 heterocycles. The number of H-pyrrole nitrogens is 1. The summed E-state index contributed by atoms with van der Waals surface area (Å²) in [7, 11) is 0. The molecule has 1 atom stereocenters. The number of nitrogens with one attached hydrogen (secondary N) is 2. The van der Waals surface area contributed by atoms with Crippen molar-refractivity contribution in [2.75, 3.05) is 24.5 Å². The van der Waals surface area contributed by atoms with Crippen LogP contribution in [0, 0.1) is 0 Å². The lowest BCUT2D eigenvalue weighted by Gasteiger charge is -2.35. The Hall–Kier alpha value is -2.08. The highest BCUT2D eigenvalue weighted by Gasteiger charge is 2.24. The molecular formula is C20H19N3S2. The van der Waals surface area contributed by atoms with E-state index in [4.69, 9.17) is 0 Å². The van der Waals surface area contributed by atoms with Crippen molar-refractivity contribution in [3.8, 4) is 10.4 Å². The van der Waals surface area contributed by atoms with Crippen molar-refractivity contribution in [2.24, 2.45) is 0 Å². The Kier molecular flexibility index (Phi) is 3.85. The van der Waals surface area contributed by atoms with Gasteiger partial charge < -0.3 is 15.2 Å². The fourth-order valence-electron chi connectivity index (χ4n) is 3.74. The molecule has 2 N–H and O–H groups in total. The largest absolute Gasteiger partial charge is 0.361 e. The van der Waals surface area contributed by atoms with E-state index in [2.05, 4.69) is 74.6 Å². The molecule has 5 heteroatoms. The van der Waals surface area contributed by atoms with Crippen LogP contribution in [-0.2, 0) is 0 Å². The van der Waals surface area contributed by atoms with Crippen molar-refractivity contribution in [1.82, 2.24) is 10.3 Å². The van der Waals surface area contributed by atoms with Gasteiger partial charge in [-0.05, 0) is 40.6 Å². The highest BCUT2D eigenvalue weighted by molar-refractivity contribution is 7.14. The van der Waals surface area contributed by atoms with Crippen LogP contribution in [-0.4, -0.2) is 24.6 Å². The third-order valence-corrected chi connectivity index (χ3v) is 6.73. The Bertz CT molecular complexity index is 970. The third kappa shape index (κ3) is 2.68. The molecule has 0 saturated carbocycles. The van der Waals surface area contributed by atoms with E-state index in [1.165, 1.54) is 31.9 Å². The Balaban J connectivity index is 1.57. The van der Waals surface area contributed by atoms with Gasteiger partial charge in [0.25, 0.3) is 0 Å². The average molecular weight is 366 g/mol. The molecular weight excluding hydrogens is 346 g/mol. The second kappa shape index (κ2) is 6.33. The molecule has 1 aromatic carbocycles. The zero-order valence-corrected chi connectivity index (χ0v) is 15.4. The number of fused-ring (bicyclic) bond motifs is 1. The van der Waals surface area contributed by atoms with Gasteiger partial charge in [0.05, 0.1) is 11.0 Å². The topological polar surface area (TPSA) is 31.1 Å². The molecule has 25 heavy (non-hydrogen) atoms. The normalized spacial score (nSPS) is 18.1. The number of anilines is 1. The lowest BCUT2D eigenvalue weighted by atomic mass is 9.97. The van der Waals surface area contributed by atoms with Gasteiger partial charge in [0.1, 0.15) is 0 Å². The van der Waals surface area contributed by atoms with Crippen molar-refractivity contribution < 1.29 is 0 Å². The minimum Gasteiger partial charge on any atom is -0.361 e. The molecule has 3 nitrogen and oxygen atoms in total. The van der Waals surface area contributed by atoms with Crippen LogP contribution in [0.3, 0.4) is 0 Å². The van der Waals surface area contributed by atoms with E-state index in [1.807, 2.05) is 11.3 Å². The van der Waals surface area contributed by atoms with Gasteiger partial charge in [0.15, 0.2) is 0 Å². The summed E-state index contributed by atoms with van der Waals surface area (Å²) in [5, 5.41) is 10.8. The maximum Gasteiger partial charge on any atom is 0.0909 e. The number of benzene rings is 1. The van der Waals surface area contributed by atoms with E-state index in [-0.39, 0.29) is 0 Å². The van der Waals surface area contributed by atoms with Gasteiger partial charge in [-0.15, -0.1) is 22.7 Å². The number of aromatic nitrogens is 1. The molecule has 1 saturated heterocycles. The summed E-state index contributed by atoms with van der Waals surface area (Å²) in [6.07, 6.45) is 2.15. The number of hydrogen-bond acceptors (Lipinski definition) is 4. The summed E-state index contributed by atoms with van der Waals surface area (Å²) in [6.45, 7) is 3.09. The number of aromatic amines is 1. The lowest BCUT2D eigenvalue weighted by molar-refractivity contribution is 0.476. The molecule has 4 aromatic rings. The second-order valence-electron chi connectivity index (χ2n) is 6.35. The summed E-state index contributed by atoms with van der Waals surface area (Å²) in [5.41, 5.74) is 3.93. The molecule has 0 amide bonds. The zero-order valence-electron chi connectivity index (χ0n) is 13.7. The predicted octanol–water partition coefficient (Wildman–Crippen LogP) is 5.11. The quantitative estimate of drug-likeness (QED) is 0.529.